The maximum Gasteiger partial charge on any atom is 0.407 e. The van der Waals surface area contributed by atoms with Gasteiger partial charge in [-0.3, -0.25) is 0 Å². The summed E-state index contributed by atoms with van der Waals surface area (Å²) in [4.78, 5) is 11.0. The first kappa shape index (κ1) is 14.0. The molecule has 0 rings (SSSR count). The highest BCUT2D eigenvalue weighted by Gasteiger charge is 1.99. The number of nitrogens with one attached hydrogen (secondary N) is 1. The third kappa shape index (κ3) is 10.9. The molecule has 0 aromatic rings. The van der Waals surface area contributed by atoms with Gasteiger partial charge in [-0.1, -0.05) is 25.5 Å². The van der Waals surface area contributed by atoms with E-state index in [0.717, 1.165) is 18.4 Å². The van der Waals surface area contributed by atoms with Crippen LogP contribution in [0.15, 0.2) is 12.2 Å². The summed E-state index contributed by atoms with van der Waals surface area (Å²) >= 11 is 0. The third-order valence-corrected chi connectivity index (χ3v) is 1.60. The van der Waals surface area contributed by atoms with Crippen LogP contribution in [0.3, 0.4) is 0 Å². The fourth-order valence-corrected chi connectivity index (χ4v) is 0.832. The minimum Gasteiger partial charge on any atom is -0.450 e. The van der Waals surface area contributed by atoms with Crippen LogP contribution in [0.4, 0.5) is 4.79 Å². The van der Waals surface area contributed by atoms with E-state index in [-0.39, 0.29) is 6.09 Å². The predicted octanol–water partition coefficient (Wildman–Crippen LogP) is 2.11. The molecule has 0 fully saturated rings. The number of alkyl carbamates (subject to hydrolysis) is 1. The van der Waals surface area contributed by atoms with Crippen molar-refractivity contribution in [1.82, 2.24) is 5.32 Å². The van der Waals surface area contributed by atoms with E-state index >= 15 is 0 Å². The van der Waals surface area contributed by atoms with Crippen LogP contribution < -0.4 is 5.32 Å². The van der Waals surface area contributed by atoms with Gasteiger partial charge in [0.15, 0.2) is 0 Å². The second-order valence-corrected chi connectivity index (χ2v) is 3.43. The topological polar surface area (TPSA) is 47.6 Å². The fourth-order valence-electron chi connectivity index (χ4n) is 0.832. The maximum absolute atomic E-state index is 11.0. The number of ether oxygens (including phenoxy) is 2. The van der Waals surface area contributed by atoms with Crippen molar-refractivity contribution >= 4 is 6.09 Å². The van der Waals surface area contributed by atoms with Crippen LogP contribution in [0, 0.1) is 0 Å². The first-order valence-corrected chi connectivity index (χ1v) is 5.29. The number of unbranched alkanes of at least 4 members (excludes halogenated alkanes) is 1. The second-order valence-electron chi connectivity index (χ2n) is 3.43. The second kappa shape index (κ2) is 9.52. The van der Waals surface area contributed by atoms with Gasteiger partial charge in [-0.15, -0.1) is 0 Å². The van der Waals surface area contributed by atoms with Gasteiger partial charge in [-0.2, -0.15) is 0 Å². The summed E-state index contributed by atoms with van der Waals surface area (Å²) < 4.78 is 10.1. The minimum atomic E-state index is -0.373. The van der Waals surface area contributed by atoms with Crippen LogP contribution in [0.1, 0.15) is 26.7 Å². The molecule has 15 heavy (non-hydrogen) atoms. The van der Waals surface area contributed by atoms with Gasteiger partial charge in [0.1, 0.15) is 0 Å². The van der Waals surface area contributed by atoms with Gasteiger partial charge in [-0.05, 0) is 13.3 Å². The number of hydrogen-bond acceptors (Lipinski definition) is 3. The molecule has 88 valence electrons. The molecule has 0 bridgehead atoms. The van der Waals surface area contributed by atoms with Crippen molar-refractivity contribution in [3.63, 3.8) is 0 Å². The molecule has 0 aromatic heterocycles. The molecule has 4 nitrogen and oxygen atoms in total. The number of rotatable bonds is 8. The zero-order chi connectivity index (χ0) is 11.5. The molecule has 0 spiro atoms. The first-order valence-electron chi connectivity index (χ1n) is 5.29. The molecular weight excluding hydrogens is 194 g/mol. The van der Waals surface area contributed by atoms with Gasteiger partial charge >= 0.3 is 6.09 Å². The Labute approximate surface area is 91.6 Å². The molecule has 1 amide bonds. The molecule has 0 saturated heterocycles. The van der Waals surface area contributed by atoms with Gasteiger partial charge < -0.3 is 14.8 Å². The molecule has 1 N–H and O–H groups in total. The molecular formula is C11H21NO3. The Morgan fingerprint density at radius 3 is 2.73 bits per heavy atom. The average molecular weight is 215 g/mol. The molecule has 0 atom stereocenters. The van der Waals surface area contributed by atoms with E-state index in [4.69, 9.17) is 9.47 Å². The van der Waals surface area contributed by atoms with Crippen molar-refractivity contribution in [3.05, 3.63) is 12.2 Å². The highest BCUT2D eigenvalue weighted by Crippen LogP contribution is 1.89. The normalized spacial score (nSPS) is 9.73. The van der Waals surface area contributed by atoms with E-state index in [1.807, 2.05) is 13.8 Å². The Balaban J connectivity index is 3.20. The Morgan fingerprint density at radius 1 is 1.40 bits per heavy atom. The summed E-state index contributed by atoms with van der Waals surface area (Å²) in [6.07, 6.45) is 1.55. The van der Waals surface area contributed by atoms with E-state index in [1.54, 1.807) is 0 Å². The largest absolute Gasteiger partial charge is 0.450 e. The van der Waals surface area contributed by atoms with Gasteiger partial charge in [0.05, 0.1) is 19.8 Å². The van der Waals surface area contributed by atoms with Crippen molar-refractivity contribution in [2.75, 3.05) is 26.4 Å². The highest BCUT2D eigenvalue weighted by molar-refractivity contribution is 5.66. The molecule has 0 radical (unpaired) electrons. The molecule has 0 aliphatic rings. The van der Waals surface area contributed by atoms with E-state index in [1.165, 1.54) is 0 Å². The lowest BCUT2D eigenvalue weighted by atomic mass is 10.4. The van der Waals surface area contributed by atoms with Crippen molar-refractivity contribution in [3.8, 4) is 0 Å². The van der Waals surface area contributed by atoms with E-state index < -0.39 is 0 Å². The standard InChI is InChI=1S/C11H21NO3/c1-4-5-7-15-11(13)12-6-8-14-9-10(2)3/h2,4-9H2,1,3H3,(H,12,13). The van der Waals surface area contributed by atoms with Crippen LogP contribution in [0.25, 0.3) is 0 Å². The Bertz CT molecular complexity index is 192. The summed E-state index contributed by atoms with van der Waals surface area (Å²) in [6, 6.07) is 0. The van der Waals surface area contributed by atoms with Gasteiger partial charge in [0, 0.05) is 6.54 Å². The molecule has 0 saturated carbocycles. The number of hydrogen-bond donors (Lipinski definition) is 1. The summed E-state index contributed by atoms with van der Waals surface area (Å²) in [7, 11) is 0. The SMILES string of the molecule is C=C(C)COCCNC(=O)OCCCC. The van der Waals surface area contributed by atoms with Crippen LogP contribution in [0.5, 0.6) is 0 Å². The van der Waals surface area contributed by atoms with Crippen molar-refractivity contribution in [2.24, 2.45) is 0 Å². The Hall–Kier alpha value is -1.03. The first-order chi connectivity index (χ1) is 7.16. The molecule has 0 unspecified atom stereocenters. The number of amides is 1. The lowest BCUT2D eigenvalue weighted by molar-refractivity contribution is 0.130. The molecule has 0 aromatic carbocycles. The maximum atomic E-state index is 11.0. The lowest BCUT2D eigenvalue weighted by Gasteiger charge is -2.06. The van der Waals surface area contributed by atoms with Crippen molar-refractivity contribution < 1.29 is 14.3 Å². The van der Waals surface area contributed by atoms with E-state index in [9.17, 15) is 4.79 Å². The molecule has 0 aliphatic heterocycles. The smallest absolute Gasteiger partial charge is 0.407 e. The highest BCUT2D eigenvalue weighted by atomic mass is 16.5. The molecule has 0 aliphatic carbocycles. The van der Waals surface area contributed by atoms with Crippen LogP contribution in [-0.2, 0) is 9.47 Å². The van der Waals surface area contributed by atoms with Crippen molar-refractivity contribution in [1.29, 1.82) is 0 Å². The van der Waals surface area contributed by atoms with E-state index in [2.05, 4.69) is 11.9 Å². The van der Waals surface area contributed by atoms with Gasteiger partial charge in [-0.25, -0.2) is 4.79 Å². The van der Waals surface area contributed by atoms with Gasteiger partial charge in [0.2, 0.25) is 0 Å². The van der Waals surface area contributed by atoms with Crippen LogP contribution >= 0.6 is 0 Å². The summed E-state index contributed by atoms with van der Waals surface area (Å²) in [5, 5.41) is 2.60. The zero-order valence-corrected chi connectivity index (χ0v) is 9.67. The summed E-state index contributed by atoms with van der Waals surface area (Å²) in [5.74, 6) is 0. The van der Waals surface area contributed by atoms with Gasteiger partial charge in [0.25, 0.3) is 0 Å². The third-order valence-electron chi connectivity index (χ3n) is 1.60. The Morgan fingerprint density at radius 2 is 2.13 bits per heavy atom. The van der Waals surface area contributed by atoms with Crippen LogP contribution in [0.2, 0.25) is 0 Å². The summed E-state index contributed by atoms with van der Waals surface area (Å²) in [6.45, 7) is 9.61. The lowest BCUT2D eigenvalue weighted by Crippen LogP contribution is -2.28. The molecule has 0 heterocycles. The van der Waals surface area contributed by atoms with Crippen molar-refractivity contribution in [2.45, 2.75) is 26.7 Å². The predicted molar refractivity (Wildman–Crippen MR) is 59.9 cm³/mol. The number of carbonyl (C=O) groups is 1. The number of carbonyl (C=O) groups excluding carboxylic acids is 1. The zero-order valence-electron chi connectivity index (χ0n) is 9.67. The Kier molecular flexibility index (Phi) is 8.87. The fraction of sp³-hybridized carbons (Fsp3) is 0.727. The average Bonchev–Trinajstić information content (AvgIpc) is 2.17. The van der Waals surface area contributed by atoms with E-state index in [0.29, 0.717) is 26.4 Å². The van der Waals surface area contributed by atoms with Crippen LogP contribution in [-0.4, -0.2) is 32.5 Å². The minimum absolute atomic E-state index is 0.373. The quantitative estimate of drug-likeness (QED) is 0.498. The monoisotopic (exact) mass is 215 g/mol. The summed E-state index contributed by atoms with van der Waals surface area (Å²) in [5.41, 5.74) is 0.973. The molecule has 4 heteroatoms.